The van der Waals surface area contributed by atoms with E-state index in [4.69, 9.17) is 43.6 Å². The first kappa shape index (κ1) is 40.4. The van der Waals surface area contributed by atoms with Crippen LogP contribution in [0.1, 0.15) is 29.9 Å². The molecule has 0 saturated carbocycles. The van der Waals surface area contributed by atoms with Gasteiger partial charge in [0.05, 0.1) is 56.7 Å². The van der Waals surface area contributed by atoms with Crippen LogP contribution in [0.5, 0.6) is 11.5 Å². The molecule has 0 aliphatic carbocycles. The Morgan fingerprint density at radius 3 is 2.64 bits per heavy atom. The van der Waals surface area contributed by atoms with Crippen LogP contribution in [0.2, 0.25) is 0 Å². The van der Waals surface area contributed by atoms with E-state index in [1.54, 1.807) is 13.2 Å². The molecule has 0 bridgehead atoms. The lowest BCUT2D eigenvalue weighted by Gasteiger charge is -2.38. The molecule has 0 radical (unpaired) electrons. The number of nitrogens with one attached hydrogen (secondary N) is 1. The van der Waals surface area contributed by atoms with Crippen LogP contribution in [-0.4, -0.2) is 126 Å². The van der Waals surface area contributed by atoms with E-state index in [2.05, 4.69) is 26.0 Å². The number of carbonyl (C=O) groups is 1. The third-order valence-electron chi connectivity index (χ3n) is 9.73. The number of carbonyl (C=O) groups excluding carboxylic acids is 1. The molecule has 55 heavy (non-hydrogen) atoms. The predicted molar refractivity (Wildman–Crippen MR) is 197 cm³/mol. The van der Waals surface area contributed by atoms with Gasteiger partial charge >= 0.3 is 6.16 Å². The summed E-state index contributed by atoms with van der Waals surface area (Å²) >= 11 is 0. The summed E-state index contributed by atoms with van der Waals surface area (Å²) in [5.41, 5.74) is 3.77. The highest BCUT2D eigenvalue weighted by Crippen LogP contribution is 2.35. The van der Waals surface area contributed by atoms with Gasteiger partial charge in [0, 0.05) is 57.9 Å². The summed E-state index contributed by atoms with van der Waals surface area (Å²) in [5, 5.41) is 20.1. The molecule has 4 unspecified atom stereocenters. The van der Waals surface area contributed by atoms with Crippen LogP contribution in [0.3, 0.4) is 0 Å². The maximum atomic E-state index is 13.8. The molecular weight excluding hydrogens is 719 g/mol. The molecule has 300 valence electrons. The average molecular weight is 771 g/mol. The first-order valence-electron chi connectivity index (χ1n) is 18.7. The van der Waals surface area contributed by atoms with Gasteiger partial charge in [-0.2, -0.15) is 0 Å². The first-order chi connectivity index (χ1) is 26.9. The molecule has 4 atom stereocenters. The molecule has 15 nitrogen and oxygen atoms in total. The molecule has 2 fully saturated rings. The van der Waals surface area contributed by atoms with Crippen molar-refractivity contribution in [1.82, 2.24) is 10.7 Å². The highest BCUT2D eigenvalue weighted by molar-refractivity contribution is 5.61. The lowest BCUT2D eigenvalue weighted by atomic mass is 9.85. The SMILES string of the molecule is COCCCN1CCOc2ccc(COC3CNCC(OC(=O)OCCOCCON(O)O)C3c3ccc(OC4CCN(c5cccc(F)c5)C4)cc3)cc21. The van der Waals surface area contributed by atoms with E-state index >= 15 is 0 Å². The molecule has 0 spiro atoms. The first-order valence-corrected chi connectivity index (χ1v) is 18.7. The lowest BCUT2D eigenvalue weighted by molar-refractivity contribution is -0.493. The van der Waals surface area contributed by atoms with E-state index in [-0.39, 0.29) is 50.4 Å². The van der Waals surface area contributed by atoms with Crippen molar-refractivity contribution in [2.75, 3.05) is 95.8 Å². The Balaban J connectivity index is 1.11. The van der Waals surface area contributed by atoms with Crippen LogP contribution in [0.4, 0.5) is 20.6 Å². The third kappa shape index (κ3) is 11.9. The third-order valence-corrected chi connectivity index (χ3v) is 9.73. The van der Waals surface area contributed by atoms with Gasteiger partial charge in [-0.15, -0.1) is 0 Å². The normalized spacial score (nSPS) is 21.0. The van der Waals surface area contributed by atoms with E-state index in [9.17, 15) is 9.18 Å². The number of piperidine rings is 1. The number of rotatable bonds is 19. The summed E-state index contributed by atoms with van der Waals surface area (Å²) in [6.45, 7) is 5.57. The zero-order chi connectivity index (χ0) is 38.4. The van der Waals surface area contributed by atoms with Crippen molar-refractivity contribution in [1.29, 1.82) is 0 Å². The smallest absolute Gasteiger partial charge is 0.490 e. The van der Waals surface area contributed by atoms with Gasteiger partial charge in [-0.3, -0.25) is 10.4 Å². The van der Waals surface area contributed by atoms with E-state index in [1.807, 2.05) is 42.5 Å². The highest BCUT2D eigenvalue weighted by Gasteiger charge is 2.38. The zero-order valence-corrected chi connectivity index (χ0v) is 31.1. The van der Waals surface area contributed by atoms with E-state index < -0.39 is 17.6 Å². The summed E-state index contributed by atoms with van der Waals surface area (Å²) in [6.07, 6.45) is -0.161. The van der Waals surface area contributed by atoms with Gasteiger partial charge in [0.15, 0.2) is 0 Å². The quantitative estimate of drug-likeness (QED) is 0.0888. The van der Waals surface area contributed by atoms with Gasteiger partial charge < -0.3 is 48.3 Å². The maximum absolute atomic E-state index is 13.8. The molecule has 6 rings (SSSR count). The molecule has 3 aliphatic rings. The molecule has 3 aromatic carbocycles. The van der Waals surface area contributed by atoms with Crippen LogP contribution in [0.25, 0.3) is 0 Å². The van der Waals surface area contributed by atoms with Crippen LogP contribution in [-0.2, 0) is 35.1 Å². The molecule has 3 heterocycles. The number of nitrogens with zero attached hydrogens (tertiary/aromatic N) is 3. The highest BCUT2D eigenvalue weighted by atomic mass is 19.1. The molecule has 0 amide bonds. The number of benzene rings is 3. The minimum absolute atomic E-state index is 0.0524. The van der Waals surface area contributed by atoms with Crippen molar-refractivity contribution in [2.45, 2.75) is 43.7 Å². The summed E-state index contributed by atoms with van der Waals surface area (Å²) in [5.74, 6) is 0.957. The van der Waals surface area contributed by atoms with Crippen molar-refractivity contribution in [3.8, 4) is 11.5 Å². The maximum Gasteiger partial charge on any atom is 0.508 e. The molecule has 16 heteroatoms. The van der Waals surface area contributed by atoms with E-state index in [0.717, 1.165) is 60.7 Å². The average Bonchev–Trinajstić information content (AvgIpc) is 3.66. The minimum Gasteiger partial charge on any atom is -0.490 e. The molecule has 0 aromatic heterocycles. The van der Waals surface area contributed by atoms with E-state index in [0.29, 0.717) is 45.2 Å². The second-order valence-corrected chi connectivity index (χ2v) is 13.5. The summed E-state index contributed by atoms with van der Waals surface area (Å²) < 4.78 is 54.4. The van der Waals surface area contributed by atoms with E-state index in [1.165, 1.54) is 12.1 Å². The predicted octanol–water partition coefficient (Wildman–Crippen LogP) is 4.54. The largest absolute Gasteiger partial charge is 0.508 e. The molecular formula is C39H51FN4O11. The van der Waals surface area contributed by atoms with Crippen molar-refractivity contribution >= 4 is 17.5 Å². The summed E-state index contributed by atoms with van der Waals surface area (Å²) in [6, 6.07) is 20.5. The summed E-state index contributed by atoms with van der Waals surface area (Å²) in [4.78, 5) is 21.7. The lowest BCUT2D eigenvalue weighted by Crippen LogP contribution is -2.51. The monoisotopic (exact) mass is 770 g/mol. The van der Waals surface area contributed by atoms with Crippen molar-refractivity contribution in [3.05, 3.63) is 83.7 Å². The molecule has 3 N–H and O–H groups in total. The Kier molecular flexibility index (Phi) is 15.1. The number of methoxy groups -OCH3 is 1. The fraction of sp³-hybridized carbons (Fsp3) is 0.513. The molecule has 2 saturated heterocycles. The van der Waals surface area contributed by atoms with Crippen molar-refractivity contribution in [2.24, 2.45) is 0 Å². The Hall–Kier alpha value is -4.26. The van der Waals surface area contributed by atoms with Gasteiger partial charge in [-0.1, -0.05) is 24.3 Å². The van der Waals surface area contributed by atoms with Crippen molar-refractivity contribution < 1.29 is 57.6 Å². The van der Waals surface area contributed by atoms with Gasteiger partial charge in [-0.25, -0.2) is 14.0 Å². The summed E-state index contributed by atoms with van der Waals surface area (Å²) in [7, 11) is 1.71. The second-order valence-electron chi connectivity index (χ2n) is 13.5. The number of hydrogen-bond donors (Lipinski definition) is 3. The van der Waals surface area contributed by atoms with Gasteiger partial charge in [0.1, 0.15) is 42.7 Å². The topological polar surface area (TPSA) is 153 Å². The number of halogens is 1. The Bertz CT molecular complexity index is 1640. The number of fused-ring (bicyclic) bond motifs is 1. The van der Waals surface area contributed by atoms with Gasteiger partial charge in [0.2, 0.25) is 0 Å². The van der Waals surface area contributed by atoms with Gasteiger partial charge in [-0.05, 0) is 60.0 Å². The van der Waals surface area contributed by atoms with Crippen LogP contribution in [0, 0.1) is 5.82 Å². The Labute approximate surface area is 320 Å². The van der Waals surface area contributed by atoms with Crippen LogP contribution >= 0.6 is 0 Å². The Morgan fingerprint density at radius 1 is 0.982 bits per heavy atom. The molecule has 3 aromatic rings. The van der Waals surface area contributed by atoms with Gasteiger partial charge in [0.25, 0.3) is 0 Å². The standard InChI is InChI=1S/C39H51FN4O11/c1-48-16-3-13-42-15-17-50-35-11-6-28(22-34(35)42)27-52-36-24-41-25-37(55-39(45)51-20-18-49-19-21-53-44(46)47)38(36)29-7-9-32(10-8-29)54-33-12-14-43(26-33)31-5-2-4-30(40)23-31/h2,4-11,22-23,33,36-38,41,46-47H,3,12-21,24-27H2,1H3. The number of ether oxygens (including phenoxy) is 7. The minimum atomic E-state index is -0.846. The Morgan fingerprint density at radius 2 is 1.82 bits per heavy atom. The van der Waals surface area contributed by atoms with Crippen LogP contribution < -0.4 is 24.6 Å². The fourth-order valence-electron chi connectivity index (χ4n) is 7.13. The number of anilines is 2. The number of hydrogen-bond acceptors (Lipinski definition) is 15. The zero-order valence-electron chi connectivity index (χ0n) is 31.1. The van der Waals surface area contributed by atoms with Crippen molar-refractivity contribution in [3.63, 3.8) is 0 Å². The molecule has 3 aliphatic heterocycles. The second kappa shape index (κ2) is 20.6. The fourth-order valence-corrected chi connectivity index (χ4v) is 7.13. The van der Waals surface area contributed by atoms with Crippen LogP contribution in [0.15, 0.2) is 66.7 Å².